The van der Waals surface area contributed by atoms with E-state index in [9.17, 15) is 4.79 Å². The van der Waals surface area contributed by atoms with E-state index in [2.05, 4.69) is 20.4 Å². The monoisotopic (exact) mass is 334 g/mol. The summed E-state index contributed by atoms with van der Waals surface area (Å²) in [6.45, 7) is 8.13. The molecule has 2 aromatic heterocycles. The van der Waals surface area contributed by atoms with Crippen LogP contribution in [0.15, 0.2) is 22.9 Å². The molecule has 0 fully saturated rings. The topological polar surface area (TPSA) is 99.4 Å². The summed E-state index contributed by atoms with van der Waals surface area (Å²) in [4.78, 5) is 20.0. The van der Waals surface area contributed by atoms with Crippen LogP contribution in [0.4, 0.5) is 4.79 Å². The number of ether oxygens (including phenoxy) is 2. The van der Waals surface area contributed by atoms with Crippen molar-refractivity contribution in [1.29, 1.82) is 0 Å². The van der Waals surface area contributed by atoms with Crippen molar-refractivity contribution in [1.82, 2.24) is 20.4 Å². The third-order valence-electron chi connectivity index (χ3n) is 2.77. The molecule has 0 radical (unpaired) electrons. The van der Waals surface area contributed by atoms with Crippen LogP contribution in [0.3, 0.4) is 0 Å². The number of nitrogens with one attached hydrogen (secondary N) is 1. The van der Waals surface area contributed by atoms with Crippen molar-refractivity contribution in [3.05, 3.63) is 24.2 Å². The molecule has 24 heavy (non-hydrogen) atoms. The van der Waals surface area contributed by atoms with E-state index in [1.165, 1.54) is 0 Å². The average molecular weight is 334 g/mol. The number of hydrogen-bond acceptors (Lipinski definition) is 7. The summed E-state index contributed by atoms with van der Waals surface area (Å²) in [6, 6.07) is 3.57. The van der Waals surface area contributed by atoms with Crippen molar-refractivity contribution in [3.8, 4) is 17.3 Å². The second-order valence-electron chi connectivity index (χ2n) is 5.98. The van der Waals surface area contributed by atoms with Gasteiger partial charge in [0.05, 0.1) is 6.61 Å². The highest BCUT2D eigenvalue weighted by Gasteiger charge is 2.17. The van der Waals surface area contributed by atoms with Crippen LogP contribution in [0.1, 0.15) is 33.5 Å². The van der Waals surface area contributed by atoms with Crippen molar-refractivity contribution < 1.29 is 18.8 Å². The number of nitrogens with zero attached hydrogens (tertiary/aromatic N) is 3. The van der Waals surface area contributed by atoms with Crippen LogP contribution in [0, 0.1) is 0 Å². The number of alkyl carbamates (subject to hydrolysis) is 1. The lowest BCUT2D eigenvalue weighted by Gasteiger charge is -2.19. The minimum atomic E-state index is -0.528. The maximum atomic E-state index is 11.6. The molecule has 0 atom stereocenters. The molecule has 0 aliphatic carbocycles. The van der Waals surface area contributed by atoms with Crippen LogP contribution < -0.4 is 10.1 Å². The fourth-order valence-electron chi connectivity index (χ4n) is 1.86. The van der Waals surface area contributed by atoms with E-state index >= 15 is 0 Å². The first-order chi connectivity index (χ1) is 11.4. The van der Waals surface area contributed by atoms with Crippen molar-refractivity contribution in [3.63, 3.8) is 0 Å². The fraction of sp³-hybridized carbons (Fsp3) is 0.500. The number of carbonyl (C=O) groups is 1. The maximum absolute atomic E-state index is 11.6. The van der Waals surface area contributed by atoms with Crippen LogP contribution >= 0.6 is 0 Å². The summed E-state index contributed by atoms with van der Waals surface area (Å²) in [5, 5.41) is 6.55. The van der Waals surface area contributed by atoms with Crippen LogP contribution in [0.5, 0.6) is 5.88 Å². The van der Waals surface area contributed by atoms with Gasteiger partial charge in [-0.25, -0.2) is 9.78 Å². The average Bonchev–Trinajstić information content (AvgIpc) is 2.95. The summed E-state index contributed by atoms with van der Waals surface area (Å²) >= 11 is 0. The van der Waals surface area contributed by atoms with Gasteiger partial charge in [0.15, 0.2) is 5.82 Å². The molecule has 0 saturated carbocycles. The lowest BCUT2D eigenvalue weighted by Crippen LogP contribution is -2.33. The molecule has 0 spiro atoms. The number of aromatic nitrogens is 3. The molecule has 8 nitrogen and oxygen atoms in total. The molecule has 8 heteroatoms. The van der Waals surface area contributed by atoms with Gasteiger partial charge in [0.2, 0.25) is 5.88 Å². The Morgan fingerprint density at radius 2 is 2.17 bits per heavy atom. The van der Waals surface area contributed by atoms with E-state index in [1.807, 2.05) is 27.7 Å². The molecule has 0 aromatic carbocycles. The first-order valence-corrected chi connectivity index (χ1v) is 7.76. The van der Waals surface area contributed by atoms with Gasteiger partial charge in [-0.2, -0.15) is 4.98 Å². The summed E-state index contributed by atoms with van der Waals surface area (Å²) in [5.41, 5.74) is 0.109. The molecule has 0 aliphatic rings. The predicted octanol–water partition coefficient (Wildman–Crippen LogP) is 2.60. The Hall–Kier alpha value is -2.64. The zero-order valence-electron chi connectivity index (χ0n) is 14.3. The Morgan fingerprint density at radius 1 is 1.38 bits per heavy atom. The lowest BCUT2D eigenvalue weighted by molar-refractivity contribution is 0.0528. The van der Waals surface area contributed by atoms with Gasteiger partial charge in [0, 0.05) is 19.2 Å². The number of rotatable bonds is 6. The molecule has 130 valence electrons. The van der Waals surface area contributed by atoms with Crippen LogP contribution in [-0.2, 0) is 11.2 Å². The molecule has 2 heterocycles. The molecule has 2 aromatic rings. The number of carbonyl (C=O) groups excluding carboxylic acids is 1. The smallest absolute Gasteiger partial charge is 0.407 e. The highest BCUT2D eigenvalue weighted by molar-refractivity contribution is 5.67. The zero-order chi connectivity index (χ0) is 17.6. The summed E-state index contributed by atoms with van der Waals surface area (Å²) in [7, 11) is 0. The zero-order valence-corrected chi connectivity index (χ0v) is 14.3. The Labute approximate surface area is 140 Å². The van der Waals surface area contributed by atoms with Crippen LogP contribution in [-0.4, -0.2) is 40.0 Å². The molecule has 0 bridgehead atoms. The minimum absolute atomic E-state index is 0.332. The van der Waals surface area contributed by atoms with E-state index in [0.29, 0.717) is 42.7 Å². The molecular formula is C16H22N4O4. The van der Waals surface area contributed by atoms with Crippen molar-refractivity contribution in [2.24, 2.45) is 0 Å². The minimum Gasteiger partial charge on any atom is -0.477 e. The van der Waals surface area contributed by atoms with Gasteiger partial charge in [-0.1, -0.05) is 5.16 Å². The summed E-state index contributed by atoms with van der Waals surface area (Å²) < 4.78 is 15.9. The van der Waals surface area contributed by atoms with Crippen LogP contribution in [0.25, 0.3) is 11.5 Å². The SMILES string of the molecule is CCOc1ncccc1-c1nc(CCNC(=O)OC(C)(C)C)no1. The largest absolute Gasteiger partial charge is 0.477 e. The van der Waals surface area contributed by atoms with Gasteiger partial charge < -0.3 is 19.3 Å². The molecule has 0 unspecified atom stereocenters. The van der Waals surface area contributed by atoms with Gasteiger partial charge in [0.1, 0.15) is 11.2 Å². The van der Waals surface area contributed by atoms with Crippen LogP contribution in [0.2, 0.25) is 0 Å². The Kier molecular flexibility index (Phi) is 5.73. The standard InChI is InChI=1S/C16H22N4O4/c1-5-22-13-11(7-6-9-17-13)14-19-12(20-24-14)8-10-18-15(21)23-16(2,3)4/h6-7,9H,5,8,10H2,1-4H3,(H,18,21). The molecule has 0 aliphatic heterocycles. The fourth-order valence-corrected chi connectivity index (χ4v) is 1.86. The van der Waals surface area contributed by atoms with Gasteiger partial charge in [-0.05, 0) is 39.8 Å². The first kappa shape index (κ1) is 17.7. The molecular weight excluding hydrogens is 312 g/mol. The molecule has 1 amide bonds. The van der Waals surface area contributed by atoms with Crippen molar-refractivity contribution in [2.45, 2.75) is 39.7 Å². The lowest BCUT2D eigenvalue weighted by atomic mass is 10.2. The molecule has 1 N–H and O–H groups in total. The Morgan fingerprint density at radius 3 is 2.88 bits per heavy atom. The van der Waals surface area contributed by atoms with Crippen molar-refractivity contribution >= 4 is 6.09 Å². The maximum Gasteiger partial charge on any atom is 0.407 e. The van der Waals surface area contributed by atoms with Gasteiger partial charge in [0.25, 0.3) is 5.89 Å². The van der Waals surface area contributed by atoms with E-state index < -0.39 is 11.7 Å². The highest BCUT2D eigenvalue weighted by atomic mass is 16.6. The molecule has 0 saturated heterocycles. The van der Waals surface area contributed by atoms with E-state index in [4.69, 9.17) is 14.0 Å². The number of amides is 1. The number of pyridine rings is 1. The normalized spacial score (nSPS) is 11.2. The highest BCUT2D eigenvalue weighted by Crippen LogP contribution is 2.26. The predicted molar refractivity (Wildman–Crippen MR) is 86.6 cm³/mol. The number of hydrogen-bond donors (Lipinski definition) is 1. The van der Waals surface area contributed by atoms with Gasteiger partial charge in [-0.15, -0.1) is 0 Å². The van der Waals surface area contributed by atoms with Gasteiger partial charge >= 0.3 is 6.09 Å². The first-order valence-electron chi connectivity index (χ1n) is 7.76. The van der Waals surface area contributed by atoms with E-state index in [-0.39, 0.29) is 0 Å². The summed E-state index contributed by atoms with van der Waals surface area (Å²) in [5.74, 6) is 1.26. The van der Waals surface area contributed by atoms with Crippen molar-refractivity contribution in [2.75, 3.05) is 13.2 Å². The third kappa shape index (κ3) is 5.22. The van der Waals surface area contributed by atoms with E-state index in [0.717, 1.165) is 0 Å². The quantitative estimate of drug-likeness (QED) is 0.866. The Balaban J connectivity index is 1.93. The second kappa shape index (κ2) is 7.76. The summed E-state index contributed by atoms with van der Waals surface area (Å²) in [6.07, 6.45) is 1.58. The third-order valence-corrected chi connectivity index (χ3v) is 2.77. The second-order valence-corrected chi connectivity index (χ2v) is 5.98. The van der Waals surface area contributed by atoms with Gasteiger partial charge in [-0.3, -0.25) is 0 Å². The molecule has 2 rings (SSSR count). The Bertz CT molecular complexity index is 679. The van der Waals surface area contributed by atoms with E-state index in [1.54, 1.807) is 18.3 Å².